The van der Waals surface area contributed by atoms with Crippen LogP contribution < -0.4 is 4.74 Å². The van der Waals surface area contributed by atoms with Gasteiger partial charge in [-0.25, -0.2) is 4.79 Å². The number of carbonyl (C=O) groups is 1. The summed E-state index contributed by atoms with van der Waals surface area (Å²) >= 11 is 1.09. The summed E-state index contributed by atoms with van der Waals surface area (Å²) in [6.45, 7) is 0. The Morgan fingerprint density at radius 2 is 1.91 bits per heavy atom. The van der Waals surface area contributed by atoms with Gasteiger partial charge in [-0.1, -0.05) is 18.2 Å². The first-order chi connectivity index (χ1) is 15.5. The topological polar surface area (TPSA) is 113 Å². The summed E-state index contributed by atoms with van der Waals surface area (Å²) in [5, 5.41) is 21.5. The number of benzene rings is 3. The van der Waals surface area contributed by atoms with Gasteiger partial charge in [0.15, 0.2) is 5.16 Å². The summed E-state index contributed by atoms with van der Waals surface area (Å²) < 4.78 is 12.9. The number of fused-ring (bicyclic) bond motifs is 3. The standard InChI is InChI=1S/C22H14N4O5S/c1-25-12-23-24-22(25)32-20-9-6-13(10-17(20)26(28)29)21(27)30-14-7-8-19-16(11-14)15-4-2-3-5-18(15)31-19/h2-12H,1H3. The van der Waals surface area contributed by atoms with E-state index in [1.807, 2.05) is 24.3 Å². The van der Waals surface area contributed by atoms with Crippen molar-refractivity contribution in [2.45, 2.75) is 10.1 Å². The Balaban J connectivity index is 1.44. The first-order valence-electron chi connectivity index (χ1n) is 9.43. The summed E-state index contributed by atoms with van der Waals surface area (Å²) in [7, 11) is 1.74. The lowest BCUT2D eigenvalue weighted by Gasteiger charge is -2.07. The van der Waals surface area contributed by atoms with Gasteiger partial charge in [-0.3, -0.25) is 10.1 Å². The van der Waals surface area contributed by atoms with Crippen molar-refractivity contribution in [1.29, 1.82) is 0 Å². The van der Waals surface area contributed by atoms with Crippen molar-refractivity contribution in [2.75, 3.05) is 0 Å². The predicted molar refractivity (Wildman–Crippen MR) is 117 cm³/mol. The van der Waals surface area contributed by atoms with E-state index in [0.29, 0.717) is 21.4 Å². The van der Waals surface area contributed by atoms with Gasteiger partial charge in [0.2, 0.25) is 0 Å². The molecule has 2 heterocycles. The van der Waals surface area contributed by atoms with Crippen LogP contribution >= 0.6 is 11.8 Å². The SMILES string of the molecule is Cn1cnnc1Sc1ccc(C(=O)Oc2ccc3oc4ccccc4c3c2)cc1[N+](=O)[O-]. The molecule has 0 bridgehead atoms. The van der Waals surface area contributed by atoms with Crippen molar-refractivity contribution < 1.29 is 18.9 Å². The number of nitro benzene ring substituents is 1. The molecule has 5 aromatic rings. The summed E-state index contributed by atoms with van der Waals surface area (Å²) in [6.07, 6.45) is 1.50. The number of ether oxygens (including phenoxy) is 1. The quantitative estimate of drug-likeness (QED) is 0.160. The molecule has 32 heavy (non-hydrogen) atoms. The van der Waals surface area contributed by atoms with Gasteiger partial charge in [0.25, 0.3) is 5.69 Å². The zero-order valence-electron chi connectivity index (χ0n) is 16.6. The van der Waals surface area contributed by atoms with Gasteiger partial charge in [-0.2, -0.15) is 0 Å². The van der Waals surface area contributed by atoms with E-state index < -0.39 is 10.9 Å². The number of esters is 1. The van der Waals surface area contributed by atoms with Crippen molar-refractivity contribution in [3.8, 4) is 5.75 Å². The minimum atomic E-state index is -0.699. The van der Waals surface area contributed by atoms with E-state index in [4.69, 9.17) is 9.15 Å². The number of nitrogens with zero attached hydrogens (tertiary/aromatic N) is 4. The van der Waals surface area contributed by atoms with Gasteiger partial charge in [-0.15, -0.1) is 10.2 Å². The Bertz CT molecular complexity index is 1510. The minimum Gasteiger partial charge on any atom is -0.456 e. The molecule has 0 radical (unpaired) electrons. The molecule has 0 aliphatic carbocycles. The molecule has 9 nitrogen and oxygen atoms in total. The molecule has 0 aliphatic heterocycles. The molecule has 0 aliphatic rings. The average Bonchev–Trinajstić information content (AvgIpc) is 3.36. The molecule has 2 aromatic heterocycles. The molecule has 0 unspecified atom stereocenters. The third-order valence-electron chi connectivity index (χ3n) is 4.82. The van der Waals surface area contributed by atoms with Gasteiger partial charge in [-0.05, 0) is 48.2 Å². The number of aryl methyl sites for hydroxylation is 1. The first kappa shape index (κ1) is 19.8. The van der Waals surface area contributed by atoms with Gasteiger partial charge in [0.05, 0.1) is 15.4 Å². The molecule has 3 aromatic carbocycles. The molecule has 0 amide bonds. The highest BCUT2D eigenvalue weighted by Gasteiger charge is 2.21. The molecule has 0 fully saturated rings. The lowest BCUT2D eigenvalue weighted by molar-refractivity contribution is -0.387. The van der Waals surface area contributed by atoms with E-state index in [0.717, 1.165) is 28.1 Å². The Kier molecular flexibility index (Phi) is 4.83. The number of hydrogen-bond donors (Lipinski definition) is 0. The van der Waals surface area contributed by atoms with Gasteiger partial charge >= 0.3 is 5.97 Å². The molecule has 158 valence electrons. The Labute approximate surface area is 184 Å². The van der Waals surface area contributed by atoms with Crippen LogP contribution in [0.5, 0.6) is 5.75 Å². The van der Waals surface area contributed by atoms with Crippen LogP contribution in [0.4, 0.5) is 5.69 Å². The zero-order valence-corrected chi connectivity index (χ0v) is 17.4. The maximum absolute atomic E-state index is 12.7. The van der Waals surface area contributed by atoms with Crippen molar-refractivity contribution in [2.24, 2.45) is 7.05 Å². The van der Waals surface area contributed by atoms with Crippen molar-refractivity contribution in [3.63, 3.8) is 0 Å². The first-order valence-corrected chi connectivity index (χ1v) is 10.2. The normalized spacial score (nSPS) is 11.2. The second-order valence-corrected chi connectivity index (χ2v) is 7.92. The van der Waals surface area contributed by atoms with E-state index in [1.54, 1.807) is 29.8 Å². The molecule has 0 saturated carbocycles. The summed E-state index contributed by atoms with van der Waals surface area (Å²) in [5.41, 5.74) is 1.25. The van der Waals surface area contributed by atoms with Crippen LogP contribution in [-0.4, -0.2) is 25.7 Å². The molecule has 0 saturated heterocycles. The lowest BCUT2D eigenvalue weighted by atomic mass is 10.1. The van der Waals surface area contributed by atoms with E-state index >= 15 is 0 Å². The Morgan fingerprint density at radius 3 is 2.69 bits per heavy atom. The number of rotatable bonds is 5. The molecule has 0 spiro atoms. The molecule has 0 N–H and O–H groups in total. The van der Waals surface area contributed by atoms with Crippen molar-refractivity contribution in [1.82, 2.24) is 14.8 Å². The van der Waals surface area contributed by atoms with Crippen LogP contribution in [0.1, 0.15) is 10.4 Å². The van der Waals surface area contributed by atoms with Crippen LogP contribution in [0.15, 0.2) is 81.5 Å². The fourth-order valence-electron chi connectivity index (χ4n) is 3.27. The molecular formula is C22H14N4O5S. The number of furan rings is 1. The largest absolute Gasteiger partial charge is 0.456 e. The fraction of sp³-hybridized carbons (Fsp3) is 0.0455. The van der Waals surface area contributed by atoms with Gasteiger partial charge < -0.3 is 13.7 Å². The number of hydrogen-bond acceptors (Lipinski definition) is 8. The number of para-hydroxylation sites is 1. The summed E-state index contributed by atoms with van der Waals surface area (Å²) in [5.74, 6) is -0.385. The number of nitro groups is 1. The summed E-state index contributed by atoms with van der Waals surface area (Å²) in [4.78, 5) is 24.1. The third kappa shape index (κ3) is 3.56. The summed E-state index contributed by atoms with van der Waals surface area (Å²) in [6, 6.07) is 16.8. The zero-order chi connectivity index (χ0) is 22.2. The van der Waals surface area contributed by atoms with Crippen molar-refractivity contribution >= 4 is 45.4 Å². The van der Waals surface area contributed by atoms with Crippen molar-refractivity contribution in [3.05, 3.63) is 82.7 Å². The smallest absolute Gasteiger partial charge is 0.343 e. The lowest BCUT2D eigenvalue weighted by Crippen LogP contribution is -2.09. The predicted octanol–water partition coefficient (Wildman–Crippen LogP) is 4.99. The second-order valence-electron chi connectivity index (χ2n) is 6.91. The van der Waals surface area contributed by atoms with E-state index in [9.17, 15) is 14.9 Å². The third-order valence-corrected chi connectivity index (χ3v) is 5.94. The average molecular weight is 446 g/mol. The number of aromatic nitrogens is 3. The number of carbonyl (C=O) groups excluding carboxylic acids is 1. The maximum Gasteiger partial charge on any atom is 0.343 e. The monoisotopic (exact) mass is 446 g/mol. The Morgan fingerprint density at radius 1 is 1.09 bits per heavy atom. The molecule has 0 atom stereocenters. The molecule has 5 rings (SSSR count). The highest BCUT2D eigenvalue weighted by atomic mass is 32.2. The van der Waals surface area contributed by atoms with Gasteiger partial charge in [0.1, 0.15) is 23.2 Å². The van der Waals surface area contributed by atoms with Crippen LogP contribution in [0.25, 0.3) is 21.9 Å². The van der Waals surface area contributed by atoms with Crippen LogP contribution in [-0.2, 0) is 7.05 Å². The van der Waals surface area contributed by atoms with E-state index in [-0.39, 0.29) is 11.3 Å². The maximum atomic E-state index is 12.7. The Hall–Kier alpha value is -4.18. The van der Waals surface area contributed by atoms with Crippen LogP contribution in [0, 0.1) is 10.1 Å². The van der Waals surface area contributed by atoms with Crippen LogP contribution in [0.2, 0.25) is 0 Å². The fourth-order valence-corrected chi connectivity index (χ4v) is 4.12. The molecule has 10 heteroatoms. The van der Waals surface area contributed by atoms with E-state index in [2.05, 4.69) is 10.2 Å². The highest BCUT2D eigenvalue weighted by Crippen LogP contribution is 2.35. The van der Waals surface area contributed by atoms with Crippen LogP contribution in [0.3, 0.4) is 0 Å². The highest BCUT2D eigenvalue weighted by molar-refractivity contribution is 7.99. The van der Waals surface area contributed by atoms with E-state index in [1.165, 1.54) is 24.5 Å². The second kappa shape index (κ2) is 7.82. The minimum absolute atomic E-state index is 0.0659. The van der Waals surface area contributed by atoms with Gasteiger partial charge in [0, 0.05) is 23.9 Å². The molecular weight excluding hydrogens is 432 g/mol.